The number of ether oxygens (including phenoxy) is 1. The quantitative estimate of drug-likeness (QED) is 0.556. The molecule has 86 valence electrons. The van der Waals surface area contributed by atoms with Crippen LogP contribution in [-0.2, 0) is 4.74 Å². The highest BCUT2D eigenvalue weighted by atomic mass is 79.9. The molecule has 15 heavy (non-hydrogen) atoms. The molecule has 1 unspecified atom stereocenters. The van der Waals surface area contributed by atoms with E-state index in [1.165, 1.54) is 38.5 Å². The highest BCUT2D eigenvalue weighted by Crippen LogP contribution is 2.42. The number of allylic oxidation sites excluding steroid dienone is 2. The first-order valence-electron chi connectivity index (χ1n) is 6.21. The molecule has 1 heterocycles. The van der Waals surface area contributed by atoms with Gasteiger partial charge in [-0.05, 0) is 38.0 Å². The summed E-state index contributed by atoms with van der Waals surface area (Å²) in [5.74, 6) is 0.774. The van der Waals surface area contributed by atoms with Crippen molar-refractivity contribution in [2.75, 3.05) is 11.9 Å². The Hall–Kier alpha value is 0.180. The van der Waals surface area contributed by atoms with Gasteiger partial charge in [-0.2, -0.15) is 0 Å². The van der Waals surface area contributed by atoms with Crippen molar-refractivity contribution in [2.24, 2.45) is 5.92 Å². The van der Waals surface area contributed by atoms with Crippen molar-refractivity contribution >= 4 is 15.9 Å². The molecule has 2 heteroatoms. The molecule has 1 saturated carbocycles. The summed E-state index contributed by atoms with van der Waals surface area (Å²) >= 11 is 3.46. The first kappa shape index (κ1) is 11.7. The summed E-state index contributed by atoms with van der Waals surface area (Å²) in [5.41, 5.74) is 0.279. The molecule has 0 radical (unpaired) electrons. The lowest BCUT2D eigenvalue weighted by Crippen LogP contribution is -2.36. The van der Waals surface area contributed by atoms with Crippen LogP contribution in [0.5, 0.6) is 0 Å². The topological polar surface area (TPSA) is 9.23 Å². The Morgan fingerprint density at radius 1 is 1.33 bits per heavy atom. The number of alkyl halides is 1. The minimum Gasteiger partial charge on any atom is -0.375 e. The second-order valence-corrected chi connectivity index (χ2v) is 5.69. The van der Waals surface area contributed by atoms with Crippen LogP contribution < -0.4 is 0 Å². The van der Waals surface area contributed by atoms with Crippen molar-refractivity contribution < 1.29 is 4.74 Å². The third kappa shape index (κ3) is 3.07. The molecule has 0 amide bonds. The lowest BCUT2D eigenvalue weighted by Gasteiger charge is -2.37. The van der Waals surface area contributed by atoms with Crippen LogP contribution in [0.4, 0.5) is 0 Å². The van der Waals surface area contributed by atoms with Gasteiger partial charge in [-0.15, -0.1) is 0 Å². The van der Waals surface area contributed by atoms with Crippen LogP contribution >= 0.6 is 15.9 Å². The third-order valence-corrected chi connectivity index (χ3v) is 4.19. The standard InChI is InChI=1S/C13H21BrO/c14-9-4-1-5-12-6-10-15-13(11-12)7-2-3-8-13/h1,5,12H,2-4,6-11H2/b5-1+. The molecular weight excluding hydrogens is 252 g/mol. The third-order valence-electron chi connectivity index (χ3n) is 3.73. The SMILES string of the molecule is BrCC/C=C/C1CCOC2(CCCC2)C1. The first-order chi connectivity index (χ1) is 7.35. The van der Waals surface area contributed by atoms with Gasteiger partial charge in [0, 0.05) is 11.9 Å². The Balaban J connectivity index is 1.86. The highest BCUT2D eigenvalue weighted by Gasteiger charge is 2.38. The maximum absolute atomic E-state index is 6.02. The molecule has 0 aromatic rings. The van der Waals surface area contributed by atoms with Crippen LogP contribution in [0.25, 0.3) is 0 Å². The van der Waals surface area contributed by atoms with Gasteiger partial charge in [0.25, 0.3) is 0 Å². The summed E-state index contributed by atoms with van der Waals surface area (Å²) in [5, 5.41) is 1.08. The molecule has 1 aliphatic carbocycles. The van der Waals surface area contributed by atoms with Gasteiger partial charge in [0.1, 0.15) is 0 Å². The molecular formula is C13H21BrO. The molecule has 1 atom stereocenters. The second-order valence-electron chi connectivity index (χ2n) is 4.90. The van der Waals surface area contributed by atoms with E-state index < -0.39 is 0 Å². The fourth-order valence-electron chi connectivity index (χ4n) is 2.95. The Morgan fingerprint density at radius 2 is 2.13 bits per heavy atom. The Labute approximate surface area is 101 Å². The van der Waals surface area contributed by atoms with Gasteiger partial charge >= 0.3 is 0 Å². The first-order valence-corrected chi connectivity index (χ1v) is 7.33. The van der Waals surface area contributed by atoms with Crippen molar-refractivity contribution in [3.63, 3.8) is 0 Å². The average Bonchev–Trinajstić information content (AvgIpc) is 2.67. The number of halogens is 1. The monoisotopic (exact) mass is 272 g/mol. The van der Waals surface area contributed by atoms with Gasteiger partial charge in [-0.25, -0.2) is 0 Å². The smallest absolute Gasteiger partial charge is 0.0688 e. The summed E-state index contributed by atoms with van der Waals surface area (Å²) in [6.45, 7) is 0.976. The van der Waals surface area contributed by atoms with Crippen molar-refractivity contribution in [3.05, 3.63) is 12.2 Å². The fourth-order valence-corrected chi connectivity index (χ4v) is 3.21. The van der Waals surface area contributed by atoms with E-state index in [1.807, 2.05) is 0 Å². The predicted octanol–water partition coefficient (Wildman–Crippen LogP) is 4.07. The molecule has 1 aliphatic heterocycles. The van der Waals surface area contributed by atoms with Crippen LogP contribution in [0.1, 0.15) is 44.9 Å². The van der Waals surface area contributed by atoms with E-state index in [9.17, 15) is 0 Å². The zero-order chi connectivity index (χ0) is 10.6. The molecule has 0 bridgehead atoms. The van der Waals surface area contributed by atoms with E-state index in [0.717, 1.165) is 24.3 Å². The molecule has 0 aromatic carbocycles. The van der Waals surface area contributed by atoms with Crippen LogP contribution in [0.15, 0.2) is 12.2 Å². The van der Waals surface area contributed by atoms with E-state index in [4.69, 9.17) is 4.74 Å². The largest absolute Gasteiger partial charge is 0.375 e. The van der Waals surface area contributed by atoms with E-state index in [1.54, 1.807) is 0 Å². The summed E-state index contributed by atoms with van der Waals surface area (Å²) in [4.78, 5) is 0. The van der Waals surface area contributed by atoms with Gasteiger partial charge in [-0.3, -0.25) is 0 Å². The van der Waals surface area contributed by atoms with Crippen LogP contribution in [0.3, 0.4) is 0 Å². The molecule has 1 nitrogen and oxygen atoms in total. The van der Waals surface area contributed by atoms with Crippen LogP contribution in [-0.4, -0.2) is 17.5 Å². The van der Waals surface area contributed by atoms with Crippen molar-refractivity contribution in [2.45, 2.75) is 50.5 Å². The zero-order valence-electron chi connectivity index (χ0n) is 9.38. The van der Waals surface area contributed by atoms with Gasteiger partial charge in [-0.1, -0.05) is 40.9 Å². The Bertz CT molecular complexity index is 219. The summed E-state index contributed by atoms with van der Waals surface area (Å²) in [6.07, 6.45) is 13.7. The zero-order valence-corrected chi connectivity index (χ0v) is 11.0. The maximum Gasteiger partial charge on any atom is 0.0688 e. The minimum atomic E-state index is 0.279. The van der Waals surface area contributed by atoms with E-state index in [0.29, 0.717) is 0 Å². The molecule has 0 aromatic heterocycles. The summed E-state index contributed by atoms with van der Waals surface area (Å²) in [6, 6.07) is 0. The molecule has 2 rings (SSSR count). The Kier molecular flexibility index (Phi) is 4.27. The number of rotatable bonds is 3. The van der Waals surface area contributed by atoms with Gasteiger partial charge in [0.2, 0.25) is 0 Å². The van der Waals surface area contributed by atoms with Crippen molar-refractivity contribution in [1.29, 1.82) is 0 Å². The lowest BCUT2D eigenvalue weighted by atomic mass is 9.84. The highest BCUT2D eigenvalue weighted by molar-refractivity contribution is 9.09. The summed E-state index contributed by atoms with van der Waals surface area (Å²) in [7, 11) is 0. The minimum absolute atomic E-state index is 0.279. The van der Waals surface area contributed by atoms with E-state index in [2.05, 4.69) is 28.1 Å². The van der Waals surface area contributed by atoms with Crippen LogP contribution in [0, 0.1) is 5.92 Å². The predicted molar refractivity (Wildman–Crippen MR) is 67.4 cm³/mol. The normalized spacial score (nSPS) is 30.3. The average molecular weight is 273 g/mol. The number of hydrogen-bond donors (Lipinski definition) is 0. The van der Waals surface area contributed by atoms with E-state index in [-0.39, 0.29) is 5.60 Å². The van der Waals surface area contributed by atoms with Crippen molar-refractivity contribution in [1.82, 2.24) is 0 Å². The van der Waals surface area contributed by atoms with E-state index >= 15 is 0 Å². The molecule has 1 spiro atoms. The lowest BCUT2D eigenvalue weighted by molar-refractivity contribution is -0.0853. The fraction of sp³-hybridized carbons (Fsp3) is 0.846. The molecule has 1 saturated heterocycles. The Morgan fingerprint density at radius 3 is 2.87 bits per heavy atom. The molecule has 2 fully saturated rings. The van der Waals surface area contributed by atoms with Gasteiger partial charge < -0.3 is 4.74 Å². The second kappa shape index (κ2) is 5.49. The molecule has 0 N–H and O–H groups in total. The summed E-state index contributed by atoms with van der Waals surface area (Å²) < 4.78 is 6.02. The molecule has 2 aliphatic rings. The maximum atomic E-state index is 6.02. The number of hydrogen-bond acceptors (Lipinski definition) is 1. The van der Waals surface area contributed by atoms with Crippen LogP contribution in [0.2, 0.25) is 0 Å². The van der Waals surface area contributed by atoms with Gasteiger partial charge in [0.05, 0.1) is 5.60 Å². The van der Waals surface area contributed by atoms with Crippen molar-refractivity contribution in [3.8, 4) is 0 Å². The van der Waals surface area contributed by atoms with Gasteiger partial charge in [0.15, 0.2) is 0 Å².